The molecule has 0 aliphatic carbocycles. The van der Waals surface area contributed by atoms with Gasteiger partial charge in [-0.05, 0) is 6.07 Å². The van der Waals surface area contributed by atoms with E-state index in [1.165, 1.54) is 0 Å². The van der Waals surface area contributed by atoms with Gasteiger partial charge in [0.2, 0.25) is 0 Å². The molecule has 0 amide bonds. The fourth-order valence-corrected chi connectivity index (χ4v) is 0.762. The fourth-order valence-electron chi connectivity index (χ4n) is 0.762. The summed E-state index contributed by atoms with van der Waals surface area (Å²) in [5.74, 6) is 0. The van der Waals surface area contributed by atoms with Gasteiger partial charge in [-0.25, -0.2) is 5.10 Å². The summed E-state index contributed by atoms with van der Waals surface area (Å²) in [5.41, 5.74) is 2.52. The first-order valence-electron chi connectivity index (χ1n) is 3.31. The highest BCUT2D eigenvalue weighted by Gasteiger charge is 2.34. The van der Waals surface area contributed by atoms with Crippen molar-refractivity contribution >= 4 is 0 Å². The molecular weight excluding hydrogens is 187 g/mol. The first-order chi connectivity index (χ1) is 5.95. The number of alkyl halides is 3. The summed E-state index contributed by atoms with van der Waals surface area (Å²) in [5, 5.41) is 5.03. The largest absolute Gasteiger partial charge is 0.421 e. The Kier molecular flexibility index (Phi) is 2.37. The Balaban J connectivity index is 3.28. The first kappa shape index (κ1) is 9.72. The molecule has 13 heavy (non-hydrogen) atoms. The minimum atomic E-state index is -4.67. The average molecular weight is 193 g/mol. The summed E-state index contributed by atoms with van der Waals surface area (Å²) in [6.07, 6.45) is -4.67. The van der Waals surface area contributed by atoms with Crippen molar-refractivity contribution in [3.63, 3.8) is 0 Å². The monoisotopic (exact) mass is 193 g/mol. The number of aromatic nitrogens is 2. The van der Waals surface area contributed by atoms with E-state index in [0.29, 0.717) is 6.07 Å². The molecule has 0 atom stereocenters. The lowest BCUT2D eigenvalue weighted by atomic mass is 10.2. The standard InChI is InChI=1S/C6H6F3N3O/c7-6(8,9)4-1-3(2-10)11-12-5(4)13/h1H,2,10H2,(H,12,13). The first-order valence-corrected chi connectivity index (χ1v) is 3.31. The third-order valence-electron chi connectivity index (χ3n) is 1.37. The van der Waals surface area contributed by atoms with Gasteiger partial charge in [0.1, 0.15) is 5.56 Å². The summed E-state index contributed by atoms with van der Waals surface area (Å²) in [4.78, 5) is 10.7. The van der Waals surface area contributed by atoms with Crippen molar-refractivity contribution in [3.05, 3.63) is 27.7 Å². The van der Waals surface area contributed by atoms with Crippen LogP contribution < -0.4 is 11.3 Å². The molecule has 1 rings (SSSR count). The van der Waals surface area contributed by atoms with Crippen molar-refractivity contribution in [3.8, 4) is 0 Å². The topological polar surface area (TPSA) is 71.8 Å². The third-order valence-corrected chi connectivity index (χ3v) is 1.37. The molecule has 1 aromatic rings. The van der Waals surface area contributed by atoms with E-state index in [9.17, 15) is 18.0 Å². The predicted molar refractivity (Wildman–Crippen MR) is 37.8 cm³/mol. The zero-order chi connectivity index (χ0) is 10.1. The van der Waals surface area contributed by atoms with E-state index in [4.69, 9.17) is 5.73 Å². The Morgan fingerprint density at radius 1 is 1.54 bits per heavy atom. The molecule has 0 bridgehead atoms. The second-order valence-corrected chi connectivity index (χ2v) is 2.30. The Morgan fingerprint density at radius 3 is 2.62 bits per heavy atom. The maximum atomic E-state index is 12.1. The number of halogens is 3. The van der Waals surface area contributed by atoms with Crippen LogP contribution in [0.5, 0.6) is 0 Å². The molecular formula is C6H6F3N3O. The van der Waals surface area contributed by atoms with Gasteiger partial charge in [0.05, 0.1) is 5.69 Å². The van der Waals surface area contributed by atoms with E-state index in [1.807, 2.05) is 0 Å². The number of nitrogens with zero attached hydrogens (tertiary/aromatic N) is 1. The van der Waals surface area contributed by atoms with Crippen LogP contribution in [0.3, 0.4) is 0 Å². The van der Waals surface area contributed by atoms with E-state index in [-0.39, 0.29) is 12.2 Å². The van der Waals surface area contributed by atoms with Crippen LogP contribution in [0.25, 0.3) is 0 Å². The number of aromatic amines is 1. The van der Waals surface area contributed by atoms with Gasteiger partial charge in [-0.1, -0.05) is 0 Å². The van der Waals surface area contributed by atoms with Crippen LogP contribution >= 0.6 is 0 Å². The van der Waals surface area contributed by atoms with Crippen LogP contribution in [0.15, 0.2) is 10.9 Å². The SMILES string of the molecule is NCc1cc(C(F)(F)F)c(=O)[nH]n1. The quantitative estimate of drug-likeness (QED) is 0.671. The van der Waals surface area contributed by atoms with Crippen molar-refractivity contribution in [2.75, 3.05) is 0 Å². The van der Waals surface area contributed by atoms with Gasteiger partial charge in [0.15, 0.2) is 0 Å². The number of H-pyrrole nitrogens is 1. The molecule has 0 saturated carbocycles. The van der Waals surface area contributed by atoms with Crippen LogP contribution in [0.4, 0.5) is 13.2 Å². The van der Waals surface area contributed by atoms with Crippen molar-refractivity contribution in [2.24, 2.45) is 5.73 Å². The minimum Gasteiger partial charge on any atom is -0.325 e. The Morgan fingerprint density at radius 2 is 2.15 bits per heavy atom. The highest BCUT2D eigenvalue weighted by atomic mass is 19.4. The van der Waals surface area contributed by atoms with Crippen molar-refractivity contribution in [1.82, 2.24) is 10.2 Å². The van der Waals surface area contributed by atoms with Gasteiger partial charge in [0.25, 0.3) is 5.56 Å². The number of nitrogens with one attached hydrogen (secondary N) is 1. The lowest BCUT2D eigenvalue weighted by Crippen LogP contribution is -2.23. The van der Waals surface area contributed by atoms with E-state index in [1.54, 1.807) is 5.10 Å². The summed E-state index contributed by atoms with van der Waals surface area (Å²) in [6, 6.07) is 0.638. The number of hydrogen-bond donors (Lipinski definition) is 2. The van der Waals surface area contributed by atoms with Gasteiger partial charge in [-0.2, -0.15) is 18.3 Å². The Hall–Kier alpha value is -1.37. The molecule has 0 aliphatic rings. The summed E-state index contributed by atoms with van der Waals surface area (Å²) in [6.45, 7) is -0.153. The molecule has 0 unspecified atom stereocenters. The van der Waals surface area contributed by atoms with E-state index in [2.05, 4.69) is 5.10 Å². The minimum absolute atomic E-state index is 0.00748. The van der Waals surface area contributed by atoms with Crippen LogP contribution in [-0.4, -0.2) is 10.2 Å². The smallest absolute Gasteiger partial charge is 0.325 e. The van der Waals surface area contributed by atoms with Gasteiger partial charge in [0, 0.05) is 6.54 Å². The zero-order valence-electron chi connectivity index (χ0n) is 6.35. The van der Waals surface area contributed by atoms with Gasteiger partial charge in [-0.3, -0.25) is 4.79 Å². The third kappa shape index (κ3) is 2.05. The van der Waals surface area contributed by atoms with Gasteiger partial charge >= 0.3 is 6.18 Å². The van der Waals surface area contributed by atoms with E-state index < -0.39 is 17.3 Å². The normalized spacial score (nSPS) is 11.7. The molecule has 4 nitrogen and oxygen atoms in total. The van der Waals surface area contributed by atoms with Crippen LogP contribution in [0.2, 0.25) is 0 Å². The molecule has 0 radical (unpaired) electrons. The van der Waals surface area contributed by atoms with Gasteiger partial charge in [-0.15, -0.1) is 0 Å². The molecule has 0 spiro atoms. The number of hydrogen-bond acceptors (Lipinski definition) is 3. The molecule has 3 N–H and O–H groups in total. The van der Waals surface area contributed by atoms with Crippen molar-refractivity contribution in [2.45, 2.75) is 12.7 Å². The molecule has 1 aromatic heterocycles. The molecule has 0 aromatic carbocycles. The number of rotatable bonds is 1. The molecule has 0 aliphatic heterocycles. The Bertz CT molecular complexity index is 357. The van der Waals surface area contributed by atoms with Crippen LogP contribution in [0.1, 0.15) is 11.3 Å². The summed E-state index contributed by atoms with van der Waals surface area (Å²) < 4.78 is 36.2. The Labute approximate surface area is 70.6 Å². The summed E-state index contributed by atoms with van der Waals surface area (Å²) in [7, 11) is 0. The maximum absolute atomic E-state index is 12.1. The average Bonchev–Trinajstić information content (AvgIpc) is 2.03. The second kappa shape index (κ2) is 3.17. The molecule has 0 fully saturated rings. The van der Waals surface area contributed by atoms with Crippen molar-refractivity contribution in [1.29, 1.82) is 0 Å². The predicted octanol–water partition coefficient (Wildman–Crippen LogP) is 0.247. The number of nitrogens with two attached hydrogens (primary N) is 1. The fraction of sp³-hybridized carbons (Fsp3) is 0.333. The lowest BCUT2D eigenvalue weighted by Gasteiger charge is -2.05. The lowest BCUT2D eigenvalue weighted by molar-refractivity contribution is -0.138. The van der Waals surface area contributed by atoms with Crippen LogP contribution in [0, 0.1) is 0 Å². The van der Waals surface area contributed by atoms with Crippen molar-refractivity contribution < 1.29 is 13.2 Å². The summed E-state index contributed by atoms with van der Waals surface area (Å²) >= 11 is 0. The highest BCUT2D eigenvalue weighted by molar-refractivity contribution is 5.15. The molecule has 72 valence electrons. The molecule has 0 saturated heterocycles. The van der Waals surface area contributed by atoms with E-state index in [0.717, 1.165) is 0 Å². The molecule has 7 heteroatoms. The van der Waals surface area contributed by atoms with E-state index >= 15 is 0 Å². The van der Waals surface area contributed by atoms with Crippen LogP contribution in [-0.2, 0) is 12.7 Å². The zero-order valence-corrected chi connectivity index (χ0v) is 6.35. The highest BCUT2D eigenvalue weighted by Crippen LogP contribution is 2.26. The maximum Gasteiger partial charge on any atom is 0.421 e. The second-order valence-electron chi connectivity index (χ2n) is 2.30. The van der Waals surface area contributed by atoms with Gasteiger partial charge < -0.3 is 5.73 Å². The molecule has 1 heterocycles.